The number of benzene rings is 1. The lowest BCUT2D eigenvalue weighted by Gasteiger charge is -2.17. The molecule has 2 atom stereocenters. The lowest BCUT2D eigenvalue weighted by molar-refractivity contribution is 0.0911. The summed E-state index contributed by atoms with van der Waals surface area (Å²) in [5.41, 5.74) is 0.490. The van der Waals surface area contributed by atoms with Crippen molar-refractivity contribution in [3.8, 4) is 5.75 Å². The van der Waals surface area contributed by atoms with E-state index in [2.05, 4.69) is 0 Å². The fourth-order valence-corrected chi connectivity index (χ4v) is 2.12. The predicted octanol–water partition coefficient (Wildman–Crippen LogP) is 1.77. The van der Waals surface area contributed by atoms with Gasteiger partial charge in [0.15, 0.2) is 11.6 Å². The van der Waals surface area contributed by atoms with E-state index in [-0.39, 0.29) is 17.5 Å². The Hall–Kier alpha value is -1.13. The van der Waals surface area contributed by atoms with Crippen molar-refractivity contribution in [3.63, 3.8) is 0 Å². The van der Waals surface area contributed by atoms with Crippen LogP contribution in [0.25, 0.3) is 0 Å². The van der Waals surface area contributed by atoms with Gasteiger partial charge in [-0.3, -0.25) is 0 Å². The summed E-state index contributed by atoms with van der Waals surface area (Å²) >= 11 is 0. The Morgan fingerprint density at radius 2 is 2.41 bits per heavy atom. The van der Waals surface area contributed by atoms with Crippen molar-refractivity contribution >= 4 is 0 Å². The number of methoxy groups -OCH3 is 1. The Bertz CT molecular complexity index is 375. The Kier molecular flexibility index (Phi) is 3.97. The van der Waals surface area contributed by atoms with Gasteiger partial charge >= 0.3 is 0 Å². The Morgan fingerprint density at radius 3 is 3.06 bits per heavy atom. The number of aliphatic hydroxyl groups excluding tert-OH is 1. The normalized spacial score (nSPS) is 21.5. The van der Waals surface area contributed by atoms with E-state index in [9.17, 15) is 9.50 Å². The van der Waals surface area contributed by atoms with Crippen molar-refractivity contribution in [2.75, 3.05) is 20.3 Å². The largest absolute Gasteiger partial charge is 0.494 e. The van der Waals surface area contributed by atoms with Gasteiger partial charge in [-0.05, 0) is 18.1 Å². The van der Waals surface area contributed by atoms with Gasteiger partial charge in [-0.15, -0.1) is 0 Å². The summed E-state index contributed by atoms with van der Waals surface area (Å²) in [7, 11) is 1.43. The molecule has 1 heterocycles. The minimum Gasteiger partial charge on any atom is -0.494 e. The summed E-state index contributed by atoms with van der Waals surface area (Å²) in [4.78, 5) is 0. The molecule has 4 heteroatoms. The maximum absolute atomic E-state index is 13.9. The van der Waals surface area contributed by atoms with Crippen LogP contribution in [-0.2, 0) is 11.2 Å². The Labute approximate surface area is 100 Å². The molecule has 2 unspecified atom stereocenters. The molecule has 3 nitrogen and oxygen atoms in total. The van der Waals surface area contributed by atoms with Gasteiger partial charge in [0, 0.05) is 18.9 Å². The second-order valence-corrected chi connectivity index (χ2v) is 4.33. The highest BCUT2D eigenvalue weighted by Crippen LogP contribution is 2.24. The van der Waals surface area contributed by atoms with Crippen LogP contribution in [0.1, 0.15) is 12.0 Å². The summed E-state index contributed by atoms with van der Waals surface area (Å²) in [6.07, 6.45) is 0.586. The smallest absolute Gasteiger partial charge is 0.168 e. The molecule has 1 saturated heterocycles. The van der Waals surface area contributed by atoms with E-state index in [1.807, 2.05) is 0 Å². The molecule has 1 aromatic carbocycles. The van der Waals surface area contributed by atoms with Gasteiger partial charge in [0.1, 0.15) is 0 Å². The van der Waals surface area contributed by atoms with Gasteiger partial charge in [-0.2, -0.15) is 0 Å². The monoisotopic (exact) mass is 240 g/mol. The third-order valence-corrected chi connectivity index (χ3v) is 3.20. The number of hydrogen-bond donors (Lipinski definition) is 1. The van der Waals surface area contributed by atoms with Crippen molar-refractivity contribution in [2.24, 2.45) is 5.92 Å². The van der Waals surface area contributed by atoms with E-state index in [0.29, 0.717) is 25.2 Å². The van der Waals surface area contributed by atoms with E-state index in [4.69, 9.17) is 9.47 Å². The van der Waals surface area contributed by atoms with Crippen LogP contribution < -0.4 is 4.74 Å². The summed E-state index contributed by atoms with van der Waals surface area (Å²) in [5, 5.41) is 10.0. The van der Waals surface area contributed by atoms with Crippen LogP contribution in [0.15, 0.2) is 18.2 Å². The molecule has 1 fully saturated rings. The first-order valence-electron chi connectivity index (χ1n) is 5.79. The minimum absolute atomic E-state index is 0.112. The molecular weight excluding hydrogens is 223 g/mol. The zero-order valence-corrected chi connectivity index (χ0v) is 9.86. The topological polar surface area (TPSA) is 38.7 Å². The molecule has 94 valence electrons. The molecule has 1 aliphatic heterocycles. The SMILES string of the molecule is COc1cccc(CC(O)C2CCOC2)c1F. The molecule has 0 saturated carbocycles. The summed E-state index contributed by atoms with van der Waals surface area (Å²) in [6.45, 7) is 1.25. The van der Waals surface area contributed by atoms with Crippen LogP contribution in [0.4, 0.5) is 4.39 Å². The maximum atomic E-state index is 13.9. The molecule has 0 radical (unpaired) electrons. The molecule has 0 amide bonds. The maximum Gasteiger partial charge on any atom is 0.168 e. The average molecular weight is 240 g/mol. The second kappa shape index (κ2) is 5.47. The minimum atomic E-state index is -0.556. The quantitative estimate of drug-likeness (QED) is 0.871. The van der Waals surface area contributed by atoms with Crippen LogP contribution in [0.5, 0.6) is 5.75 Å². The van der Waals surface area contributed by atoms with E-state index in [0.717, 1.165) is 6.42 Å². The lowest BCUT2D eigenvalue weighted by Crippen LogP contribution is -2.23. The van der Waals surface area contributed by atoms with Crippen molar-refractivity contribution in [2.45, 2.75) is 18.9 Å². The number of ether oxygens (including phenoxy) is 2. The van der Waals surface area contributed by atoms with Gasteiger partial charge in [0.25, 0.3) is 0 Å². The van der Waals surface area contributed by atoms with Crippen LogP contribution >= 0.6 is 0 Å². The van der Waals surface area contributed by atoms with E-state index in [1.54, 1.807) is 18.2 Å². The molecule has 0 aromatic heterocycles. The fourth-order valence-electron chi connectivity index (χ4n) is 2.12. The summed E-state index contributed by atoms with van der Waals surface area (Å²) in [5.74, 6) is -0.0501. The van der Waals surface area contributed by atoms with Crippen molar-refractivity contribution in [1.82, 2.24) is 0 Å². The van der Waals surface area contributed by atoms with Crippen molar-refractivity contribution in [1.29, 1.82) is 0 Å². The van der Waals surface area contributed by atoms with E-state index in [1.165, 1.54) is 7.11 Å². The highest BCUT2D eigenvalue weighted by molar-refractivity contribution is 5.31. The molecule has 2 rings (SSSR count). The second-order valence-electron chi connectivity index (χ2n) is 4.33. The zero-order chi connectivity index (χ0) is 12.3. The van der Waals surface area contributed by atoms with Crippen LogP contribution in [0, 0.1) is 11.7 Å². The molecule has 1 N–H and O–H groups in total. The molecular formula is C13H17FO3. The van der Waals surface area contributed by atoms with Crippen LogP contribution in [0.3, 0.4) is 0 Å². The van der Waals surface area contributed by atoms with Gasteiger partial charge < -0.3 is 14.6 Å². The first-order valence-corrected chi connectivity index (χ1v) is 5.79. The van der Waals surface area contributed by atoms with E-state index >= 15 is 0 Å². The third-order valence-electron chi connectivity index (χ3n) is 3.20. The number of hydrogen-bond acceptors (Lipinski definition) is 3. The van der Waals surface area contributed by atoms with Crippen molar-refractivity contribution < 1.29 is 19.0 Å². The first kappa shape index (κ1) is 12.3. The average Bonchev–Trinajstić information content (AvgIpc) is 2.85. The third kappa shape index (κ3) is 2.76. The molecule has 0 aliphatic carbocycles. The zero-order valence-electron chi connectivity index (χ0n) is 9.86. The molecule has 0 bridgehead atoms. The molecule has 1 aromatic rings. The summed E-state index contributed by atoms with van der Waals surface area (Å²) in [6, 6.07) is 4.98. The van der Waals surface area contributed by atoms with Gasteiger partial charge in [0.05, 0.1) is 19.8 Å². The van der Waals surface area contributed by atoms with Gasteiger partial charge in [-0.25, -0.2) is 4.39 Å². The van der Waals surface area contributed by atoms with Gasteiger partial charge in [-0.1, -0.05) is 12.1 Å². The van der Waals surface area contributed by atoms with Gasteiger partial charge in [0.2, 0.25) is 0 Å². The van der Waals surface area contributed by atoms with Crippen molar-refractivity contribution in [3.05, 3.63) is 29.6 Å². The fraction of sp³-hybridized carbons (Fsp3) is 0.538. The Morgan fingerprint density at radius 1 is 1.59 bits per heavy atom. The number of rotatable bonds is 4. The highest BCUT2D eigenvalue weighted by atomic mass is 19.1. The van der Waals surface area contributed by atoms with Crippen LogP contribution in [0.2, 0.25) is 0 Å². The lowest BCUT2D eigenvalue weighted by atomic mass is 9.95. The molecule has 17 heavy (non-hydrogen) atoms. The number of aliphatic hydroxyl groups is 1. The molecule has 0 spiro atoms. The standard InChI is InChI=1S/C13H17FO3/c1-16-12-4-2-3-9(13(12)14)7-11(15)10-5-6-17-8-10/h2-4,10-11,15H,5-8H2,1H3. The van der Waals surface area contributed by atoms with E-state index < -0.39 is 6.10 Å². The highest BCUT2D eigenvalue weighted by Gasteiger charge is 2.25. The first-order chi connectivity index (χ1) is 8.22. The number of halogens is 1. The Balaban J connectivity index is 2.07. The van der Waals surface area contributed by atoms with Crippen LogP contribution in [-0.4, -0.2) is 31.5 Å². The summed E-state index contributed by atoms with van der Waals surface area (Å²) < 4.78 is 24.0. The predicted molar refractivity (Wildman–Crippen MR) is 61.6 cm³/mol. The molecule has 1 aliphatic rings.